The predicted molar refractivity (Wildman–Crippen MR) is 67.8 cm³/mol. The van der Waals surface area contributed by atoms with Gasteiger partial charge in [0.15, 0.2) is 5.78 Å². The lowest BCUT2D eigenvalue weighted by atomic mass is 9.50. The van der Waals surface area contributed by atoms with E-state index < -0.39 is 6.10 Å². The number of hydrogen-bond acceptors (Lipinski definition) is 3. The minimum Gasteiger partial charge on any atom is -0.392 e. The van der Waals surface area contributed by atoms with E-state index in [9.17, 15) is 15.0 Å². The minimum absolute atomic E-state index is 0.0905. The quantitative estimate of drug-likeness (QED) is 0.744. The van der Waals surface area contributed by atoms with Crippen molar-refractivity contribution in [2.24, 2.45) is 22.7 Å². The first-order chi connectivity index (χ1) is 8.30. The van der Waals surface area contributed by atoms with Gasteiger partial charge < -0.3 is 10.2 Å². The molecule has 2 fully saturated rings. The molecule has 4 atom stereocenters. The second-order valence-corrected chi connectivity index (χ2v) is 7.36. The Morgan fingerprint density at radius 2 is 1.94 bits per heavy atom. The molecule has 0 aromatic rings. The number of aliphatic hydroxyl groups is 2. The van der Waals surface area contributed by atoms with Gasteiger partial charge in [-0.2, -0.15) is 0 Å². The number of Topliss-reactive ketones (excluding diaryl/α,β-unsaturated/α-hetero) is 1. The van der Waals surface area contributed by atoms with Gasteiger partial charge in [-0.3, -0.25) is 4.79 Å². The summed E-state index contributed by atoms with van der Waals surface area (Å²) < 4.78 is 0. The molecule has 0 bridgehead atoms. The highest BCUT2D eigenvalue weighted by molar-refractivity contribution is 6.05. The smallest absolute Gasteiger partial charge is 0.160 e. The van der Waals surface area contributed by atoms with Gasteiger partial charge in [0.25, 0.3) is 0 Å². The average molecular weight is 250 g/mol. The highest BCUT2D eigenvalue weighted by Crippen LogP contribution is 2.64. The fourth-order valence-electron chi connectivity index (χ4n) is 4.80. The molecule has 0 amide bonds. The van der Waals surface area contributed by atoms with E-state index in [4.69, 9.17) is 0 Å². The molecule has 3 aliphatic carbocycles. The van der Waals surface area contributed by atoms with E-state index in [-0.39, 0.29) is 29.1 Å². The molecule has 0 radical (unpaired) electrons. The SMILES string of the molecule is CC1(C)C[C@H]2[C@H](O)C(CO)=C3C(=O)C[C@]3(C)[C@H]2C1. The summed E-state index contributed by atoms with van der Waals surface area (Å²) in [5.74, 6) is 0.734. The first kappa shape index (κ1) is 12.4. The Morgan fingerprint density at radius 1 is 1.28 bits per heavy atom. The van der Waals surface area contributed by atoms with Gasteiger partial charge in [-0.1, -0.05) is 20.8 Å². The largest absolute Gasteiger partial charge is 0.392 e. The van der Waals surface area contributed by atoms with Gasteiger partial charge in [-0.15, -0.1) is 0 Å². The molecule has 0 aliphatic heterocycles. The third-order valence-corrected chi connectivity index (χ3v) is 5.53. The zero-order valence-corrected chi connectivity index (χ0v) is 11.4. The summed E-state index contributed by atoms with van der Waals surface area (Å²) in [6.07, 6.45) is 2.03. The number of ketones is 1. The standard InChI is InChI=1S/C15H22O3/c1-14(2)4-8-10(5-14)15(3)6-11(17)12(15)9(7-16)13(8)18/h8,10,13,16,18H,4-7H2,1-3H3/t8-,10+,13+,15-/m1/s1. The van der Waals surface area contributed by atoms with Crippen LogP contribution in [0.5, 0.6) is 0 Å². The maximum Gasteiger partial charge on any atom is 0.160 e. The van der Waals surface area contributed by atoms with E-state index in [0.717, 1.165) is 18.4 Å². The molecule has 0 aromatic heterocycles. The van der Waals surface area contributed by atoms with Crippen LogP contribution in [0.4, 0.5) is 0 Å². The van der Waals surface area contributed by atoms with E-state index >= 15 is 0 Å². The van der Waals surface area contributed by atoms with Crippen molar-refractivity contribution in [1.29, 1.82) is 0 Å². The third-order valence-electron chi connectivity index (χ3n) is 5.53. The second kappa shape index (κ2) is 3.45. The maximum atomic E-state index is 11.9. The molecule has 0 unspecified atom stereocenters. The first-order valence-electron chi connectivity index (χ1n) is 6.86. The van der Waals surface area contributed by atoms with Crippen LogP contribution >= 0.6 is 0 Å². The lowest BCUT2D eigenvalue weighted by Crippen LogP contribution is -2.53. The Kier molecular flexibility index (Phi) is 2.37. The maximum absolute atomic E-state index is 11.9. The lowest BCUT2D eigenvalue weighted by Gasteiger charge is -2.53. The highest BCUT2D eigenvalue weighted by atomic mass is 16.3. The molecule has 0 heterocycles. The summed E-state index contributed by atoms with van der Waals surface area (Å²) in [5.41, 5.74) is 1.49. The molecule has 0 saturated heterocycles. The number of aliphatic hydroxyl groups excluding tert-OH is 2. The van der Waals surface area contributed by atoms with Crippen LogP contribution in [0.25, 0.3) is 0 Å². The Labute approximate surface area is 108 Å². The van der Waals surface area contributed by atoms with E-state index in [0.29, 0.717) is 17.9 Å². The van der Waals surface area contributed by atoms with Gasteiger partial charge in [0.05, 0.1) is 12.7 Å². The normalized spacial score (nSPS) is 45.6. The van der Waals surface area contributed by atoms with Crippen LogP contribution in [0.2, 0.25) is 0 Å². The summed E-state index contributed by atoms with van der Waals surface area (Å²) in [4.78, 5) is 11.9. The van der Waals surface area contributed by atoms with Crippen LogP contribution in [0, 0.1) is 22.7 Å². The number of fused-ring (bicyclic) bond motifs is 3. The Bertz CT molecular complexity index is 449. The molecule has 2 N–H and O–H groups in total. The lowest BCUT2D eigenvalue weighted by molar-refractivity contribution is -0.129. The molecule has 18 heavy (non-hydrogen) atoms. The summed E-state index contributed by atoms with van der Waals surface area (Å²) >= 11 is 0. The minimum atomic E-state index is -0.617. The number of carbonyl (C=O) groups is 1. The predicted octanol–water partition coefficient (Wildman–Crippen LogP) is 1.68. The van der Waals surface area contributed by atoms with Gasteiger partial charge in [0, 0.05) is 17.4 Å². The van der Waals surface area contributed by atoms with Crippen molar-refractivity contribution in [3.8, 4) is 0 Å². The molecule has 0 spiro atoms. The molecular weight excluding hydrogens is 228 g/mol. The Morgan fingerprint density at radius 3 is 2.50 bits per heavy atom. The van der Waals surface area contributed by atoms with Crippen molar-refractivity contribution >= 4 is 5.78 Å². The van der Waals surface area contributed by atoms with Gasteiger partial charge in [0.1, 0.15) is 0 Å². The summed E-state index contributed by atoms with van der Waals surface area (Å²) in [6.45, 7) is 6.44. The third kappa shape index (κ3) is 1.35. The molecule has 3 nitrogen and oxygen atoms in total. The van der Waals surface area contributed by atoms with Crippen molar-refractivity contribution < 1.29 is 15.0 Å². The monoisotopic (exact) mass is 250 g/mol. The summed E-state index contributed by atoms with van der Waals surface area (Å²) in [7, 11) is 0. The molecular formula is C15H22O3. The first-order valence-corrected chi connectivity index (χ1v) is 6.86. The summed E-state index contributed by atoms with van der Waals surface area (Å²) in [5, 5.41) is 20.0. The van der Waals surface area contributed by atoms with Crippen molar-refractivity contribution in [1.82, 2.24) is 0 Å². The number of carbonyl (C=O) groups excluding carboxylic acids is 1. The zero-order chi connectivity index (χ0) is 13.3. The number of allylic oxidation sites excluding steroid dienone is 1. The molecule has 100 valence electrons. The van der Waals surface area contributed by atoms with Crippen molar-refractivity contribution in [2.75, 3.05) is 6.61 Å². The number of hydrogen-bond donors (Lipinski definition) is 2. The fourth-order valence-corrected chi connectivity index (χ4v) is 4.80. The van der Waals surface area contributed by atoms with Crippen LogP contribution in [0.3, 0.4) is 0 Å². The van der Waals surface area contributed by atoms with Crippen LogP contribution in [0.1, 0.15) is 40.0 Å². The molecule has 3 rings (SSSR count). The average Bonchev–Trinajstić information content (AvgIpc) is 2.60. The van der Waals surface area contributed by atoms with Crippen LogP contribution in [-0.2, 0) is 4.79 Å². The van der Waals surface area contributed by atoms with Gasteiger partial charge in [0.2, 0.25) is 0 Å². The van der Waals surface area contributed by atoms with Crippen molar-refractivity contribution in [3.05, 3.63) is 11.1 Å². The van der Waals surface area contributed by atoms with Crippen LogP contribution in [0.15, 0.2) is 11.1 Å². The van der Waals surface area contributed by atoms with E-state index in [1.165, 1.54) is 0 Å². The molecule has 3 heteroatoms. The Hall–Kier alpha value is -0.670. The number of rotatable bonds is 1. The second-order valence-electron chi connectivity index (χ2n) is 7.36. The van der Waals surface area contributed by atoms with Gasteiger partial charge in [-0.05, 0) is 35.7 Å². The van der Waals surface area contributed by atoms with E-state index in [2.05, 4.69) is 20.8 Å². The van der Waals surface area contributed by atoms with Gasteiger partial charge >= 0.3 is 0 Å². The van der Waals surface area contributed by atoms with E-state index in [1.54, 1.807) is 0 Å². The summed E-state index contributed by atoms with van der Waals surface area (Å²) in [6, 6.07) is 0. The van der Waals surface area contributed by atoms with Crippen molar-refractivity contribution in [2.45, 2.75) is 46.1 Å². The topological polar surface area (TPSA) is 57.5 Å². The Balaban J connectivity index is 2.08. The van der Waals surface area contributed by atoms with Crippen LogP contribution < -0.4 is 0 Å². The van der Waals surface area contributed by atoms with E-state index in [1.807, 2.05) is 0 Å². The molecule has 0 aromatic carbocycles. The van der Waals surface area contributed by atoms with Crippen molar-refractivity contribution in [3.63, 3.8) is 0 Å². The van der Waals surface area contributed by atoms with Crippen LogP contribution in [-0.4, -0.2) is 28.7 Å². The van der Waals surface area contributed by atoms with Gasteiger partial charge in [-0.25, -0.2) is 0 Å². The fraction of sp³-hybridized carbons (Fsp3) is 0.800. The zero-order valence-electron chi connectivity index (χ0n) is 11.4. The highest BCUT2D eigenvalue weighted by Gasteiger charge is 2.62. The molecule has 2 saturated carbocycles. The molecule has 3 aliphatic rings.